The quantitative estimate of drug-likeness (QED) is 0.664. The first-order valence-corrected chi connectivity index (χ1v) is 4.86. The van der Waals surface area contributed by atoms with Crippen LogP contribution < -0.4 is 0 Å². The first kappa shape index (κ1) is 7.89. The highest BCUT2D eigenvalue weighted by Gasteiger charge is 2.05. The van der Waals surface area contributed by atoms with Gasteiger partial charge in [-0.1, -0.05) is 23.4 Å². The summed E-state index contributed by atoms with van der Waals surface area (Å²) < 4.78 is 5.25. The van der Waals surface area contributed by atoms with Crippen LogP contribution in [0.2, 0.25) is 5.02 Å². The second-order valence-electron chi connectivity index (χ2n) is 2.16. The number of pyridine rings is 1. The molecule has 0 N–H and O–H groups in total. The van der Waals surface area contributed by atoms with E-state index >= 15 is 0 Å². The van der Waals surface area contributed by atoms with Crippen molar-refractivity contribution in [3.8, 4) is 0 Å². The molecule has 2 aromatic heterocycles. The minimum Gasteiger partial charge on any atom is -0.412 e. The van der Waals surface area contributed by atoms with Crippen LogP contribution in [0.25, 0.3) is 11.2 Å². The Hall–Kier alpha value is -0.740. The summed E-state index contributed by atoms with van der Waals surface area (Å²) in [7, 11) is 0. The molecule has 0 aliphatic rings. The Kier molecular flexibility index (Phi) is 1.94. The molecule has 0 amide bonds. The molecule has 0 aliphatic heterocycles. The highest BCUT2D eigenvalue weighted by atomic mass is 35.5. The summed E-state index contributed by atoms with van der Waals surface area (Å²) in [4.78, 5) is 8.12. The molecule has 0 radical (unpaired) electrons. The topological polar surface area (TPSA) is 38.9 Å². The summed E-state index contributed by atoms with van der Waals surface area (Å²) in [6.45, 7) is 0. The second kappa shape index (κ2) is 2.95. The summed E-state index contributed by atoms with van der Waals surface area (Å²) >= 11 is 7.16. The van der Waals surface area contributed by atoms with Gasteiger partial charge >= 0.3 is 0 Å². The van der Waals surface area contributed by atoms with Crippen LogP contribution in [0.4, 0.5) is 0 Å². The average molecular weight is 201 g/mol. The largest absolute Gasteiger partial charge is 0.412 e. The van der Waals surface area contributed by atoms with Gasteiger partial charge in [0, 0.05) is 6.20 Å². The van der Waals surface area contributed by atoms with E-state index < -0.39 is 0 Å². The van der Waals surface area contributed by atoms with E-state index in [9.17, 15) is 0 Å². The van der Waals surface area contributed by atoms with E-state index in [2.05, 4.69) is 9.97 Å². The average Bonchev–Trinajstić information content (AvgIpc) is 2.46. The lowest BCUT2D eigenvalue weighted by Gasteiger charge is -1.84. The van der Waals surface area contributed by atoms with Gasteiger partial charge in [0.15, 0.2) is 0 Å². The number of hydrogen-bond acceptors (Lipinski definition) is 4. The number of rotatable bonds is 1. The first-order valence-electron chi connectivity index (χ1n) is 3.25. The number of aromatic nitrogens is 2. The number of fused-ring (bicyclic) bond motifs is 1. The normalized spacial score (nSPS) is 10.8. The molecule has 12 heavy (non-hydrogen) atoms. The Bertz CT molecular complexity index is 415. The smallest absolute Gasteiger partial charge is 0.258 e. The van der Waals surface area contributed by atoms with Crippen molar-refractivity contribution >= 4 is 34.6 Å². The van der Waals surface area contributed by atoms with Crippen LogP contribution in [0.1, 0.15) is 0 Å². The van der Waals surface area contributed by atoms with E-state index in [1.807, 2.05) is 6.26 Å². The lowest BCUT2D eigenvalue weighted by Crippen LogP contribution is -1.72. The molecule has 0 aromatic carbocycles. The van der Waals surface area contributed by atoms with Gasteiger partial charge in [-0.25, -0.2) is 9.97 Å². The predicted octanol–water partition coefficient (Wildman–Crippen LogP) is 2.60. The molecule has 2 rings (SSSR count). The Labute approximate surface area is 78.1 Å². The molecule has 0 aliphatic carbocycles. The van der Waals surface area contributed by atoms with Crippen LogP contribution in [-0.2, 0) is 0 Å². The Morgan fingerprint density at radius 2 is 2.42 bits per heavy atom. The third-order valence-corrected chi connectivity index (χ3v) is 2.10. The minimum absolute atomic E-state index is 0.531. The number of thioether (sulfide) groups is 1. The van der Waals surface area contributed by atoms with Crippen molar-refractivity contribution in [2.75, 3.05) is 6.26 Å². The maximum absolute atomic E-state index is 5.72. The number of nitrogens with zero attached hydrogens (tertiary/aromatic N) is 2. The lowest BCUT2D eigenvalue weighted by molar-refractivity contribution is 0.482. The highest BCUT2D eigenvalue weighted by molar-refractivity contribution is 7.98. The van der Waals surface area contributed by atoms with Crippen LogP contribution in [0.15, 0.2) is 21.9 Å². The number of oxazole rings is 1. The van der Waals surface area contributed by atoms with Crippen LogP contribution in [0, 0.1) is 0 Å². The molecule has 2 heterocycles. The number of hydrogen-bond donors (Lipinski definition) is 0. The molecular formula is C7H5ClN2OS. The van der Waals surface area contributed by atoms with Crippen LogP contribution in [-0.4, -0.2) is 16.2 Å². The summed E-state index contributed by atoms with van der Waals surface area (Å²) in [6.07, 6.45) is 3.44. The van der Waals surface area contributed by atoms with Gasteiger partial charge in [0.05, 0.1) is 5.02 Å². The minimum atomic E-state index is 0.531. The zero-order valence-electron chi connectivity index (χ0n) is 6.24. The van der Waals surface area contributed by atoms with E-state index in [0.29, 0.717) is 21.5 Å². The van der Waals surface area contributed by atoms with Crippen molar-refractivity contribution in [1.29, 1.82) is 0 Å². The first-order chi connectivity index (χ1) is 5.79. The van der Waals surface area contributed by atoms with Gasteiger partial charge in [-0.3, -0.25) is 0 Å². The third kappa shape index (κ3) is 1.28. The van der Waals surface area contributed by atoms with Gasteiger partial charge < -0.3 is 4.42 Å². The SMILES string of the molecule is CSc1nc2cc(Cl)cnc2o1. The lowest BCUT2D eigenvalue weighted by atomic mass is 10.4. The fourth-order valence-electron chi connectivity index (χ4n) is 0.866. The van der Waals surface area contributed by atoms with Crippen LogP contribution >= 0.6 is 23.4 Å². The number of halogens is 1. The standard InChI is InChI=1S/C7H5ClN2OS/c1-12-7-10-5-2-4(8)3-9-6(5)11-7/h2-3H,1H3. The van der Waals surface area contributed by atoms with Crippen LogP contribution in [0.5, 0.6) is 0 Å². The van der Waals surface area contributed by atoms with Gasteiger partial charge in [0.1, 0.15) is 5.52 Å². The highest BCUT2D eigenvalue weighted by Crippen LogP contribution is 2.21. The van der Waals surface area contributed by atoms with Crippen molar-refractivity contribution in [2.24, 2.45) is 0 Å². The maximum Gasteiger partial charge on any atom is 0.258 e. The molecule has 0 bridgehead atoms. The molecule has 0 spiro atoms. The summed E-state index contributed by atoms with van der Waals surface area (Å²) in [5.74, 6) is 0. The third-order valence-electron chi connectivity index (χ3n) is 1.37. The molecule has 0 fully saturated rings. The molecule has 0 atom stereocenters. The van der Waals surface area contributed by atoms with Crippen molar-refractivity contribution in [2.45, 2.75) is 5.22 Å². The molecule has 0 saturated heterocycles. The Balaban J connectivity index is 2.67. The van der Waals surface area contributed by atoms with Gasteiger partial charge in [-0.2, -0.15) is 0 Å². The van der Waals surface area contributed by atoms with Gasteiger partial charge in [-0.05, 0) is 12.3 Å². The van der Waals surface area contributed by atoms with Crippen molar-refractivity contribution in [3.05, 3.63) is 17.3 Å². The van der Waals surface area contributed by atoms with E-state index in [1.165, 1.54) is 11.8 Å². The molecule has 62 valence electrons. The molecule has 2 aromatic rings. The molecule has 5 heteroatoms. The van der Waals surface area contributed by atoms with Crippen molar-refractivity contribution in [1.82, 2.24) is 9.97 Å². The van der Waals surface area contributed by atoms with Gasteiger partial charge in [0.2, 0.25) is 5.71 Å². The fourth-order valence-corrected chi connectivity index (χ4v) is 1.37. The van der Waals surface area contributed by atoms with E-state index in [-0.39, 0.29) is 0 Å². The summed E-state index contributed by atoms with van der Waals surface area (Å²) in [5, 5.41) is 1.18. The van der Waals surface area contributed by atoms with Gasteiger partial charge in [-0.15, -0.1) is 0 Å². The van der Waals surface area contributed by atoms with Crippen molar-refractivity contribution in [3.63, 3.8) is 0 Å². The van der Waals surface area contributed by atoms with Crippen LogP contribution in [0.3, 0.4) is 0 Å². The monoisotopic (exact) mass is 200 g/mol. The van der Waals surface area contributed by atoms with E-state index in [4.69, 9.17) is 16.0 Å². The van der Waals surface area contributed by atoms with E-state index in [1.54, 1.807) is 12.3 Å². The summed E-state index contributed by atoms with van der Waals surface area (Å²) in [5.41, 5.74) is 1.23. The second-order valence-corrected chi connectivity index (χ2v) is 3.36. The molecule has 0 saturated carbocycles. The predicted molar refractivity (Wildman–Crippen MR) is 48.6 cm³/mol. The molecular weight excluding hydrogens is 196 g/mol. The molecule has 3 nitrogen and oxygen atoms in total. The Morgan fingerprint density at radius 3 is 3.17 bits per heavy atom. The van der Waals surface area contributed by atoms with Gasteiger partial charge in [0.25, 0.3) is 5.22 Å². The molecule has 0 unspecified atom stereocenters. The Morgan fingerprint density at radius 1 is 1.58 bits per heavy atom. The fraction of sp³-hybridized carbons (Fsp3) is 0.143. The maximum atomic E-state index is 5.72. The van der Waals surface area contributed by atoms with E-state index in [0.717, 1.165) is 0 Å². The summed E-state index contributed by atoms with van der Waals surface area (Å²) in [6, 6.07) is 1.73. The zero-order chi connectivity index (χ0) is 8.55. The van der Waals surface area contributed by atoms with Crippen molar-refractivity contribution < 1.29 is 4.42 Å². The zero-order valence-corrected chi connectivity index (χ0v) is 7.82.